The molecule has 0 aliphatic carbocycles. The second-order valence-electron chi connectivity index (χ2n) is 8.83. The molecule has 0 unspecified atom stereocenters. The Balaban J connectivity index is 1.61. The maximum absolute atomic E-state index is 11.6. The zero-order chi connectivity index (χ0) is 24.2. The lowest BCUT2D eigenvalue weighted by Gasteiger charge is -2.16. The van der Waals surface area contributed by atoms with Crippen molar-refractivity contribution in [1.29, 1.82) is 0 Å². The standard InChI is InChI=1S/C28H31N3O3/c1-17(2)29-28(32)34-13-12-20-6-8-21(9-7-20)30-27-23-14-18(3)19(4)15-26(23)31-25-11-10-22(33-5)16-24(25)27/h6-11,14-17H,12-13H2,1-5H3,(H,29,32)(H,30,31). The molecule has 4 rings (SSSR count). The molecule has 176 valence electrons. The Labute approximate surface area is 200 Å². The Kier molecular flexibility index (Phi) is 6.87. The van der Waals surface area contributed by atoms with E-state index in [4.69, 9.17) is 14.5 Å². The summed E-state index contributed by atoms with van der Waals surface area (Å²) in [5.74, 6) is 0.789. The van der Waals surface area contributed by atoms with Crippen molar-refractivity contribution in [2.24, 2.45) is 0 Å². The van der Waals surface area contributed by atoms with Crippen LogP contribution in [0.2, 0.25) is 0 Å². The largest absolute Gasteiger partial charge is 0.497 e. The SMILES string of the molecule is COc1ccc2nc3cc(C)c(C)cc3c(Nc3ccc(CCOC(=O)NC(C)C)cc3)c2c1. The first-order chi connectivity index (χ1) is 16.3. The maximum atomic E-state index is 11.6. The lowest BCUT2D eigenvalue weighted by molar-refractivity contribution is 0.145. The number of ether oxygens (including phenoxy) is 2. The van der Waals surface area contributed by atoms with Crippen LogP contribution in [0.3, 0.4) is 0 Å². The van der Waals surface area contributed by atoms with Crippen molar-refractivity contribution in [3.63, 3.8) is 0 Å². The minimum Gasteiger partial charge on any atom is -0.497 e. The van der Waals surface area contributed by atoms with Gasteiger partial charge in [0.1, 0.15) is 5.75 Å². The highest BCUT2D eigenvalue weighted by Gasteiger charge is 2.12. The van der Waals surface area contributed by atoms with Crippen LogP contribution in [-0.2, 0) is 11.2 Å². The van der Waals surface area contributed by atoms with Gasteiger partial charge in [0.15, 0.2) is 0 Å². The molecule has 6 heteroatoms. The van der Waals surface area contributed by atoms with Gasteiger partial charge in [0, 0.05) is 28.9 Å². The zero-order valence-electron chi connectivity index (χ0n) is 20.4. The van der Waals surface area contributed by atoms with Gasteiger partial charge in [-0.2, -0.15) is 0 Å². The van der Waals surface area contributed by atoms with Gasteiger partial charge in [-0.05, 0) is 86.8 Å². The molecule has 0 aliphatic rings. The van der Waals surface area contributed by atoms with Gasteiger partial charge in [0.2, 0.25) is 0 Å². The summed E-state index contributed by atoms with van der Waals surface area (Å²) in [5.41, 5.74) is 7.37. The summed E-state index contributed by atoms with van der Waals surface area (Å²) < 4.78 is 10.7. The molecule has 1 heterocycles. The third-order valence-corrected chi connectivity index (χ3v) is 5.85. The number of fused-ring (bicyclic) bond motifs is 2. The number of benzene rings is 3. The summed E-state index contributed by atoms with van der Waals surface area (Å²) in [6, 6.07) is 18.5. The summed E-state index contributed by atoms with van der Waals surface area (Å²) in [6.45, 7) is 8.37. The number of rotatable bonds is 7. The van der Waals surface area contributed by atoms with Crippen LogP contribution >= 0.6 is 0 Å². The first-order valence-corrected chi connectivity index (χ1v) is 11.5. The van der Waals surface area contributed by atoms with E-state index in [1.165, 1.54) is 11.1 Å². The van der Waals surface area contributed by atoms with E-state index in [1.807, 2.05) is 56.3 Å². The minimum absolute atomic E-state index is 0.0610. The second-order valence-corrected chi connectivity index (χ2v) is 8.83. The summed E-state index contributed by atoms with van der Waals surface area (Å²) in [7, 11) is 1.67. The molecular formula is C28H31N3O3. The van der Waals surface area contributed by atoms with Gasteiger partial charge in [-0.25, -0.2) is 9.78 Å². The van der Waals surface area contributed by atoms with Crippen molar-refractivity contribution in [3.05, 3.63) is 71.3 Å². The fourth-order valence-corrected chi connectivity index (χ4v) is 3.88. The molecule has 0 spiro atoms. The number of aromatic nitrogens is 1. The molecule has 34 heavy (non-hydrogen) atoms. The van der Waals surface area contributed by atoms with Crippen LogP contribution in [0, 0.1) is 13.8 Å². The number of anilines is 2. The number of hydrogen-bond acceptors (Lipinski definition) is 5. The van der Waals surface area contributed by atoms with E-state index in [0.717, 1.165) is 44.5 Å². The third-order valence-electron chi connectivity index (χ3n) is 5.85. The number of nitrogens with one attached hydrogen (secondary N) is 2. The first-order valence-electron chi connectivity index (χ1n) is 11.5. The Morgan fingerprint density at radius 1 is 0.941 bits per heavy atom. The van der Waals surface area contributed by atoms with E-state index in [2.05, 4.69) is 36.6 Å². The van der Waals surface area contributed by atoms with E-state index in [1.54, 1.807) is 7.11 Å². The van der Waals surface area contributed by atoms with Crippen molar-refractivity contribution < 1.29 is 14.3 Å². The van der Waals surface area contributed by atoms with Crippen LogP contribution in [0.15, 0.2) is 54.6 Å². The highest BCUT2D eigenvalue weighted by molar-refractivity contribution is 6.09. The van der Waals surface area contributed by atoms with E-state index >= 15 is 0 Å². The van der Waals surface area contributed by atoms with Gasteiger partial charge >= 0.3 is 6.09 Å². The number of amides is 1. The Morgan fingerprint density at radius 3 is 2.35 bits per heavy atom. The first kappa shape index (κ1) is 23.4. The van der Waals surface area contributed by atoms with Crippen LogP contribution in [0.1, 0.15) is 30.5 Å². The lowest BCUT2D eigenvalue weighted by Crippen LogP contribution is -2.31. The van der Waals surface area contributed by atoms with Crippen molar-refractivity contribution in [1.82, 2.24) is 10.3 Å². The number of hydrogen-bond donors (Lipinski definition) is 2. The zero-order valence-corrected chi connectivity index (χ0v) is 20.4. The predicted molar refractivity (Wildman–Crippen MR) is 138 cm³/mol. The minimum atomic E-state index is -0.384. The normalized spacial score (nSPS) is 11.1. The molecule has 1 amide bonds. The van der Waals surface area contributed by atoms with Crippen LogP contribution in [0.5, 0.6) is 5.75 Å². The topological polar surface area (TPSA) is 72.5 Å². The number of alkyl carbamates (subject to hydrolysis) is 1. The fraction of sp³-hybridized carbons (Fsp3) is 0.286. The molecule has 3 aromatic carbocycles. The van der Waals surface area contributed by atoms with E-state index in [9.17, 15) is 4.79 Å². The summed E-state index contributed by atoms with van der Waals surface area (Å²) in [4.78, 5) is 16.5. The molecule has 0 radical (unpaired) electrons. The van der Waals surface area contributed by atoms with Crippen LogP contribution < -0.4 is 15.4 Å². The second kappa shape index (κ2) is 10.00. The highest BCUT2D eigenvalue weighted by atomic mass is 16.5. The van der Waals surface area contributed by atoms with Crippen molar-refractivity contribution in [2.45, 2.75) is 40.2 Å². The highest BCUT2D eigenvalue weighted by Crippen LogP contribution is 2.36. The summed E-state index contributed by atoms with van der Waals surface area (Å²) in [6.07, 6.45) is 0.272. The average molecular weight is 458 g/mol. The number of pyridine rings is 1. The molecule has 0 saturated carbocycles. The summed E-state index contributed by atoms with van der Waals surface area (Å²) >= 11 is 0. The molecule has 0 fully saturated rings. The molecule has 0 bridgehead atoms. The van der Waals surface area contributed by atoms with Crippen LogP contribution in [0.25, 0.3) is 21.8 Å². The molecule has 1 aromatic heterocycles. The monoisotopic (exact) mass is 457 g/mol. The number of aryl methyl sites for hydroxylation is 2. The van der Waals surface area contributed by atoms with Gasteiger partial charge in [0.25, 0.3) is 0 Å². The van der Waals surface area contributed by atoms with E-state index in [0.29, 0.717) is 13.0 Å². The van der Waals surface area contributed by atoms with Crippen molar-refractivity contribution in [2.75, 3.05) is 19.0 Å². The van der Waals surface area contributed by atoms with Gasteiger partial charge in [0.05, 0.1) is 30.4 Å². The van der Waals surface area contributed by atoms with Gasteiger partial charge in [-0.15, -0.1) is 0 Å². The fourth-order valence-electron chi connectivity index (χ4n) is 3.88. The number of nitrogens with zero attached hydrogens (tertiary/aromatic N) is 1. The van der Waals surface area contributed by atoms with E-state index in [-0.39, 0.29) is 12.1 Å². The van der Waals surface area contributed by atoms with Crippen LogP contribution in [-0.4, -0.2) is 30.8 Å². The molecule has 2 N–H and O–H groups in total. The van der Waals surface area contributed by atoms with Crippen molar-refractivity contribution >= 4 is 39.3 Å². The predicted octanol–water partition coefficient (Wildman–Crippen LogP) is 6.43. The van der Waals surface area contributed by atoms with E-state index < -0.39 is 0 Å². The quantitative estimate of drug-likeness (QED) is 0.313. The summed E-state index contributed by atoms with van der Waals surface area (Å²) in [5, 5.41) is 8.42. The third kappa shape index (κ3) is 5.22. The smallest absolute Gasteiger partial charge is 0.407 e. The molecular weight excluding hydrogens is 426 g/mol. The molecule has 0 atom stereocenters. The number of carbonyl (C=O) groups excluding carboxylic acids is 1. The number of methoxy groups -OCH3 is 1. The Hall–Kier alpha value is -3.80. The maximum Gasteiger partial charge on any atom is 0.407 e. The molecule has 0 aliphatic heterocycles. The Morgan fingerprint density at radius 2 is 1.65 bits per heavy atom. The van der Waals surface area contributed by atoms with Crippen LogP contribution in [0.4, 0.5) is 16.2 Å². The van der Waals surface area contributed by atoms with Crippen molar-refractivity contribution in [3.8, 4) is 5.75 Å². The molecule has 0 saturated heterocycles. The molecule has 6 nitrogen and oxygen atoms in total. The average Bonchev–Trinajstić information content (AvgIpc) is 2.80. The lowest BCUT2D eigenvalue weighted by atomic mass is 10.0. The Bertz CT molecular complexity index is 1330. The van der Waals surface area contributed by atoms with Gasteiger partial charge in [-0.1, -0.05) is 12.1 Å². The number of carbonyl (C=O) groups is 1. The molecule has 4 aromatic rings. The van der Waals surface area contributed by atoms with Gasteiger partial charge in [-0.3, -0.25) is 0 Å². The van der Waals surface area contributed by atoms with Gasteiger partial charge < -0.3 is 20.1 Å².